The van der Waals surface area contributed by atoms with Crippen molar-refractivity contribution in [2.24, 2.45) is 0 Å². The number of benzene rings is 4. The fourth-order valence-electron chi connectivity index (χ4n) is 4.22. The van der Waals surface area contributed by atoms with Crippen LogP contribution in [0.25, 0.3) is 16.8 Å². The lowest BCUT2D eigenvalue weighted by molar-refractivity contribution is -0.122. The number of rotatable bonds is 9. The number of fused-ring (bicyclic) bond motifs is 1. The Morgan fingerprint density at radius 1 is 0.784 bits per heavy atom. The lowest BCUT2D eigenvalue weighted by Gasteiger charge is -2.13. The number of hydrogen-bond acceptors (Lipinski definition) is 5. The van der Waals surface area contributed by atoms with Gasteiger partial charge in [-0.3, -0.25) is 14.5 Å². The Labute approximate surface area is 220 Å². The number of nitrogens with zero attached hydrogens (tertiary/aromatic N) is 1. The summed E-state index contributed by atoms with van der Waals surface area (Å²) in [4.78, 5) is 27.2. The van der Waals surface area contributed by atoms with E-state index >= 15 is 0 Å². The summed E-state index contributed by atoms with van der Waals surface area (Å²) in [5.41, 5.74) is 2.93. The third-order valence-corrected chi connectivity index (χ3v) is 7.02. The fraction of sp³-hybridized carbons (Fsp3) is 0.161. The fourth-order valence-corrected chi connectivity index (χ4v) is 5.09. The average molecular weight is 510 g/mol. The number of ether oxygens (including phenoxy) is 2. The second-order valence-electron chi connectivity index (χ2n) is 8.68. The van der Waals surface area contributed by atoms with E-state index in [0.717, 1.165) is 28.5 Å². The van der Waals surface area contributed by atoms with Gasteiger partial charge in [0.25, 0.3) is 11.1 Å². The number of amides is 2. The van der Waals surface area contributed by atoms with Crippen molar-refractivity contribution in [3.05, 3.63) is 113 Å². The molecule has 0 atom stereocenters. The van der Waals surface area contributed by atoms with E-state index in [9.17, 15) is 9.59 Å². The number of imide groups is 1. The maximum atomic E-state index is 12.9. The summed E-state index contributed by atoms with van der Waals surface area (Å²) < 4.78 is 11.9. The van der Waals surface area contributed by atoms with Crippen molar-refractivity contribution in [3.8, 4) is 11.5 Å². The molecular formula is C31H27NO4S. The van der Waals surface area contributed by atoms with Crippen LogP contribution < -0.4 is 9.47 Å². The van der Waals surface area contributed by atoms with E-state index in [0.29, 0.717) is 42.6 Å². The van der Waals surface area contributed by atoms with Gasteiger partial charge in [0.2, 0.25) is 0 Å². The minimum Gasteiger partial charge on any atom is -0.490 e. The van der Waals surface area contributed by atoms with E-state index < -0.39 is 0 Å². The van der Waals surface area contributed by atoms with Crippen LogP contribution in [0.15, 0.2) is 95.9 Å². The largest absolute Gasteiger partial charge is 0.490 e. The van der Waals surface area contributed by atoms with E-state index in [-0.39, 0.29) is 11.1 Å². The minimum atomic E-state index is -0.263. The molecule has 0 unspecified atom stereocenters. The van der Waals surface area contributed by atoms with Gasteiger partial charge in [0.15, 0.2) is 11.5 Å². The van der Waals surface area contributed by atoms with Gasteiger partial charge in [0.05, 0.1) is 11.5 Å². The molecule has 6 heteroatoms. The van der Waals surface area contributed by atoms with Gasteiger partial charge in [0, 0.05) is 6.54 Å². The molecule has 0 bridgehead atoms. The first-order valence-electron chi connectivity index (χ1n) is 12.3. The summed E-state index contributed by atoms with van der Waals surface area (Å²) in [6.45, 7) is 3.16. The number of hydrogen-bond donors (Lipinski definition) is 0. The monoisotopic (exact) mass is 509 g/mol. The highest BCUT2D eigenvalue weighted by molar-refractivity contribution is 8.18. The summed E-state index contributed by atoms with van der Waals surface area (Å²) in [7, 11) is 0. The van der Waals surface area contributed by atoms with Crippen LogP contribution in [0.1, 0.15) is 23.6 Å². The topological polar surface area (TPSA) is 55.8 Å². The van der Waals surface area contributed by atoms with Crippen molar-refractivity contribution in [2.45, 2.75) is 20.0 Å². The average Bonchev–Trinajstić information content (AvgIpc) is 3.19. The van der Waals surface area contributed by atoms with E-state index in [1.54, 1.807) is 6.08 Å². The number of carbonyl (C=O) groups is 2. The van der Waals surface area contributed by atoms with Crippen molar-refractivity contribution >= 4 is 39.8 Å². The number of thioether (sulfide) groups is 1. The van der Waals surface area contributed by atoms with Crippen molar-refractivity contribution in [2.75, 3.05) is 13.2 Å². The Morgan fingerprint density at radius 2 is 1.57 bits per heavy atom. The minimum absolute atomic E-state index is 0.243. The van der Waals surface area contributed by atoms with Gasteiger partial charge in [0.1, 0.15) is 6.61 Å². The first-order chi connectivity index (χ1) is 18.1. The summed E-state index contributed by atoms with van der Waals surface area (Å²) >= 11 is 0.970. The molecule has 0 N–H and O–H groups in total. The lowest BCUT2D eigenvalue weighted by atomic mass is 10.1. The molecule has 0 saturated carbocycles. The smallest absolute Gasteiger partial charge is 0.293 e. The summed E-state index contributed by atoms with van der Waals surface area (Å²) in [6.07, 6.45) is 2.37. The first kappa shape index (κ1) is 24.7. The highest BCUT2D eigenvalue weighted by Gasteiger charge is 2.34. The van der Waals surface area contributed by atoms with Crippen molar-refractivity contribution in [1.29, 1.82) is 0 Å². The van der Waals surface area contributed by atoms with Crippen LogP contribution in [0.4, 0.5) is 4.79 Å². The van der Waals surface area contributed by atoms with E-state index in [1.807, 2.05) is 67.6 Å². The van der Waals surface area contributed by atoms with Gasteiger partial charge in [-0.2, -0.15) is 0 Å². The third-order valence-electron chi connectivity index (χ3n) is 6.11. The standard InChI is InChI=1S/C31H27NO4S/c1-2-35-28-19-23(13-15-27(28)36-21-24-12-14-25-10-6-7-11-26(25)18-24)20-29-30(33)32(31(34)37-29)17-16-22-8-4-3-5-9-22/h3-15,18-20H,2,16-17,21H2,1H3/b29-20-. The molecule has 2 amide bonds. The van der Waals surface area contributed by atoms with Crippen molar-refractivity contribution in [1.82, 2.24) is 4.90 Å². The Balaban J connectivity index is 1.29. The molecule has 1 heterocycles. The Bertz CT molecular complexity index is 1460. The molecule has 1 aliphatic heterocycles. The van der Waals surface area contributed by atoms with E-state index in [1.165, 1.54) is 15.7 Å². The molecule has 1 fully saturated rings. The van der Waals surface area contributed by atoms with Gasteiger partial charge in [-0.05, 0) is 76.8 Å². The molecular weight excluding hydrogens is 482 g/mol. The molecule has 0 spiro atoms. The van der Waals surface area contributed by atoms with Crippen LogP contribution in [0.5, 0.6) is 11.5 Å². The van der Waals surface area contributed by atoms with Crippen LogP contribution >= 0.6 is 11.8 Å². The van der Waals surface area contributed by atoms with E-state index in [2.05, 4.69) is 30.3 Å². The van der Waals surface area contributed by atoms with Gasteiger partial charge in [-0.15, -0.1) is 0 Å². The molecule has 186 valence electrons. The first-order valence-corrected chi connectivity index (χ1v) is 13.1. The molecule has 5 nitrogen and oxygen atoms in total. The molecule has 5 rings (SSSR count). The Kier molecular flexibility index (Phi) is 7.57. The second-order valence-corrected chi connectivity index (χ2v) is 9.67. The maximum Gasteiger partial charge on any atom is 0.293 e. The lowest BCUT2D eigenvalue weighted by Crippen LogP contribution is -2.30. The Hall–Kier alpha value is -4.03. The molecule has 0 aromatic heterocycles. The normalized spacial score (nSPS) is 14.5. The predicted octanol–water partition coefficient (Wildman–Crippen LogP) is 7.10. The highest BCUT2D eigenvalue weighted by Crippen LogP contribution is 2.35. The highest BCUT2D eigenvalue weighted by atomic mass is 32.2. The van der Waals surface area contributed by atoms with Crippen LogP contribution in [0, 0.1) is 0 Å². The summed E-state index contributed by atoms with van der Waals surface area (Å²) in [5, 5.41) is 2.12. The maximum absolute atomic E-state index is 12.9. The zero-order valence-corrected chi connectivity index (χ0v) is 21.4. The Morgan fingerprint density at radius 3 is 2.38 bits per heavy atom. The predicted molar refractivity (Wildman–Crippen MR) is 149 cm³/mol. The van der Waals surface area contributed by atoms with Gasteiger partial charge in [-0.25, -0.2) is 0 Å². The molecule has 4 aromatic rings. The molecule has 1 saturated heterocycles. The van der Waals surface area contributed by atoms with Gasteiger partial charge in [-0.1, -0.05) is 72.8 Å². The third kappa shape index (κ3) is 5.87. The van der Waals surface area contributed by atoms with Crippen LogP contribution in [0.2, 0.25) is 0 Å². The van der Waals surface area contributed by atoms with Gasteiger partial charge >= 0.3 is 0 Å². The zero-order valence-electron chi connectivity index (χ0n) is 20.6. The summed E-state index contributed by atoms with van der Waals surface area (Å²) in [5.74, 6) is 0.962. The van der Waals surface area contributed by atoms with Gasteiger partial charge < -0.3 is 9.47 Å². The van der Waals surface area contributed by atoms with Crippen molar-refractivity contribution in [3.63, 3.8) is 0 Å². The molecule has 37 heavy (non-hydrogen) atoms. The van der Waals surface area contributed by atoms with Crippen LogP contribution in [-0.4, -0.2) is 29.2 Å². The SMILES string of the molecule is CCOc1cc(/C=C2\SC(=O)N(CCc3ccccc3)C2=O)ccc1OCc1ccc2ccccc2c1. The quantitative estimate of drug-likeness (QED) is 0.225. The molecule has 0 aliphatic carbocycles. The second kappa shape index (κ2) is 11.4. The van der Waals surface area contributed by atoms with Crippen molar-refractivity contribution < 1.29 is 19.1 Å². The summed E-state index contributed by atoms with van der Waals surface area (Å²) in [6, 6.07) is 29.9. The zero-order chi connectivity index (χ0) is 25.6. The molecule has 1 aliphatic rings. The van der Waals surface area contributed by atoms with E-state index in [4.69, 9.17) is 9.47 Å². The van der Waals surface area contributed by atoms with Crippen LogP contribution in [0.3, 0.4) is 0 Å². The molecule has 4 aromatic carbocycles. The van der Waals surface area contributed by atoms with Crippen LogP contribution in [-0.2, 0) is 17.8 Å². The number of carbonyl (C=O) groups excluding carboxylic acids is 2. The molecule has 0 radical (unpaired) electrons.